The Bertz CT molecular complexity index is 1370. The van der Waals surface area contributed by atoms with Crippen molar-refractivity contribution in [2.45, 2.75) is 52.2 Å². The molecule has 4 rings (SSSR count). The maximum absolute atomic E-state index is 13.2. The second-order valence-electron chi connectivity index (χ2n) is 11.7. The molecule has 1 aromatic carbocycles. The molecule has 13 heteroatoms. The molecule has 3 N–H and O–H groups in total. The van der Waals surface area contributed by atoms with E-state index in [4.69, 9.17) is 9.47 Å². The fourth-order valence-electron chi connectivity index (χ4n) is 4.65. The number of pyridine rings is 1. The van der Waals surface area contributed by atoms with Crippen LogP contribution in [0.15, 0.2) is 54.2 Å². The van der Waals surface area contributed by atoms with Crippen molar-refractivity contribution in [2.75, 3.05) is 56.6 Å². The molecule has 0 unspecified atom stereocenters. The number of rotatable bonds is 13. The van der Waals surface area contributed by atoms with Crippen LogP contribution in [0.4, 0.5) is 21.0 Å². The van der Waals surface area contributed by atoms with Crippen LogP contribution in [0.25, 0.3) is 0 Å². The molecule has 3 aromatic rings. The second-order valence-corrected chi connectivity index (χ2v) is 12.6. The number of para-hydroxylation sites is 2. The minimum absolute atomic E-state index is 0.145. The SMILES string of the molecule is CC(C)(C)OC(=O)Nc1ccccc1NC(=O)c1ccc(CN(CCCCN2CCOCC2)C(=O)NCCc2nccs2)cn1. The Morgan fingerprint density at radius 3 is 2.44 bits per heavy atom. The van der Waals surface area contributed by atoms with Gasteiger partial charge in [0.05, 0.1) is 29.6 Å². The molecule has 0 saturated carbocycles. The number of morpholine rings is 1. The first-order valence-electron chi connectivity index (χ1n) is 15.2. The van der Waals surface area contributed by atoms with Gasteiger partial charge in [0.25, 0.3) is 5.91 Å². The van der Waals surface area contributed by atoms with Gasteiger partial charge in [0.15, 0.2) is 0 Å². The summed E-state index contributed by atoms with van der Waals surface area (Å²) in [7, 11) is 0. The zero-order valence-corrected chi connectivity index (χ0v) is 27.0. The van der Waals surface area contributed by atoms with Crippen LogP contribution in [0, 0.1) is 0 Å². The zero-order chi connectivity index (χ0) is 32.1. The molecule has 1 saturated heterocycles. The van der Waals surface area contributed by atoms with Crippen LogP contribution in [0.1, 0.15) is 54.7 Å². The molecule has 12 nitrogen and oxygen atoms in total. The van der Waals surface area contributed by atoms with E-state index in [1.54, 1.807) is 85.8 Å². The highest BCUT2D eigenvalue weighted by molar-refractivity contribution is 7.09. The Morgan fingerprint density at radius 2 is 1.78 bits per heavy atom. The van der Waals surface area contributed by atoms with Gasteiger partial charge >= 0.3 is 12.1 Å². The van der Waals surface area contributed by atoms with Crippen molar-refractivity contribution in [3.05, 3.63) is 70.4 Å². The molecule has 45 heavy (non-hydrogen) atoms. The lowest BCUT2D eigenvalue weighted by molar-refractivity contribution is 0.0369. The van der Waals surface area contributed by atoms with Crippen molar-refractivity contribution in [1.29, 1.82) is 0 Å². The number of amides is 4. The Kier molecular flexibility index (Phi) is 12.7. The van der Waals surface area contributed by atoms with E-state index < -0.39 is 17.6 Å². The number of anilines is 2. The predicted octanol–water partition coefficient (Wildman–Crippen LogP) is 5.00. The lowest BCUT2D eigenvalue weighted by Gasteiger charge is -2.27. The third kappa shape index (κ3) is 11.7. The molecule has 1 fully saturated rings. The van der Waals surface area contributed by atoms with Gasteiger partial charge in [-0.25, -0.2) is 14.6 Å². The first-order valence-corrected chi connectivity index (χ1v) is 16.1. The predicted molar refractivity (Wildman–Crippen MR) is 175 cm³/mol. The smallest absolute Gasteiger partial charge is 0.412 e. The van der Waals surface area contributed by atoms with Crippen molar-refractivity contribution in [2.24, 2.45) is 0 Å². The molecule has 242 valence electrons. The summed E-state index contributed by atoms with van der Waals surface area (Å²) in [5.74, 6) is -0.431. The normalized spacial score (nSPS) is 13.6. The Balaban J connectivity index is 1.34. The Hall–Kier alpha value is -4.07. The standard InChI is InChI=1S/C32H43N7O5S/c1-32(2,3)44-31(42)37-26-9-5-4-8-25(26)36-29(40)27-11-10-24(22-35-27)23-39(16-7-6-15-38-17-19-43-20-18-38)30(41)34-13-12-28-33-14-21-45-28/h4-5,8-11,14,21-22H,6-7,12-13,15-20,23H2,1-3H3,(H,34,41)(H,36,40)(H,37,42). The van der Waals surface area contributed by atoms with Crippen molar-refractivity contribution >= 4 is 40.7 Å². The van der Waals surface area contributed by atoms with Crippen LogP contribution in [0.2, 0.25) is 0 Å². The summed E-state index contributed by atoms with van der Waals surface area (Å²) in [6.07, 6.45) is 5.27. The van der Waals surface area contributed by atoms with E-state index in [-0.39, 0.29) is 11.7 Å². The monoisotopic (exact) mass is 637 g/mol. The maximum atomic E-state index is 13.2. The molecule has 0 radical (unpaired) electrons. The average Bonchev–Trinajstić information content (AvgIpc) is 3.53. The molecular formula is C32H43N7O5S. The fraction of sp³-hybridized carbons (Fsp3) is 0.469. The number of nitrogens with zero attached hydrogens (tertiary/aromatic N) is 4. The quantitative estimate of drug-likeness (QED) is 0.223. The highest BCUT2D eigenvalue weighted by atomic mass is 32.1. The van der Waals surface area contributed by atoms with Gasteiger partial charge in [-0.2, -0.15) is 0 Å². The third-order valence-corrected chi connectivity index (χ3v) is 7.72. The van der Waals surface area contributed by atoms with E-state index in [2.05, 4.69) is 30.8 Å². The third-order valence-electron chi connectivity index (χ3n) is 6.88. The molecule has 0 bridgehead atoms. The molecule has 4 amide bonds. The number of hydrogen-bond donors (Lipinski definition) is 3. The summed E-state index contributed by atoms with van der Waals surface area (Å²) in [6.45, 7) is 11.2. The number of benzene rings is 1. The summed E-state index contributed by atoms with van der Waals surface area (Å²) in [4.78, 5) is 51.3. The topological polar surface area (TPSA) is 138 Å². The Morgan fingerprint density at radius 1 is 1.02 bits per heavy atom. The van der Waals surface area contributed by atoms with Crippen molar-refractivity contribution in [1.82, 2.24) is 25.1 Å². The zero-order valence-electron chi connectivity index (χ0n) is 26.2. The lowest BCUT2D eigenvalue weighted by atomic mass is 10.2. The van der Waals surface area contributed by atoms with Crippen LogP contribution in [0.5, 0.6) is 0 Å². The van der Waals surface area contributed by atoms with E-state index in [1.807, 2.05) is 5.38 Å². The molecule has 1 aliphatic heterocycles. The van der Waals surface area contributed by atoms with E-state index in [0.29, 0.717) is 37.4 Å². The summed E-state index contributed by atoms with van der Waals surface area (Å²) in [5, 5.41) is 11.4. The van der Waals surface area contributed by atoms with Crippen LogP contribution >= 0.6 is 11.3 Å². The molecular weight excluding hydrogens is 594 g/mol. The number of carbonyl (C=O) groups is 3. The second kappa shape index (κ2) is 16.8. The highest BCUT2D eigenvalue weighted by Crippen LogP contribution is 2.23. The highest BCUT2D eigenvalue weighted by Gasteiger charge is 2.19. The minimum atomic E-state index is -0.658. The summed E-state index contributed by atoms with van der Waals surface area (Å²) in [5.41, 5.74) is 1.17. The molecule has 0 atom stereocenters. The molecule has 3 heterocycles. The number of ether oxygens (including phenoxy) is 2. The van der Waals surface area contributed by atoms with Crippen LogP contribution in [0.3, 0.4) is 0 Å². The summed E-state index contributed by atoms with van der Waals surface area (Å²) >= 11 is 1.57. The minimum Gasteiger partial charge on any atom is -0.444 e. The van der Waals surface area contributed by atoms with Crippen molar-refractivity contribution in [3.63, 3.8) is 0 Å². The maximum Gasteiger partial charge on any atom is 0.412 e. The van der Waals surface area contributed by atoms with E-state index in [1.165, 1.54) is 0 Å². The van der Waals surface area contributed by atoms with Gasteiger partial charge < -0.3 is 25.0 Å². The van der Waals surface area contributed by atoms with E-state index in [9.17, 15) is 14.4 Å². The number of urea groups is 1. The van der Waals surface area contributed by atoms with Gasteiger partial charge in [-0.15, -0.1) is 11.3 Å². The number of nitrogens with one attached hydrogen (secondary N) is 3. The summed E-state index contributed by atoms with van der Waals surface area (Å²) in [6, 6.07) is 10.1. The van der Waals surface area contributed by atoms with Crippen molar-refractivity contribution < 1.29 is 23.9 Å². The number of hydrogen-bond acceptors (Lipinski definition) is 9. The van der Waals surface area contributed by atoms with Gasteiger partial charge in [0.1, 0.15) is 11.3 Å². The van der Waals surface area contributed by atoms with Crippen LogP contribution in [-0.2, 0) is 22.4 Å². The summed E-state index contributed by atoms with van der Waals surface area (Å²) < 4.78 is 10.8. The number of thiazole rings is 1. The van der Waals surface area contributed by atoms with Gasteiger partial charge in [-0.05, 0) is 63.9 Å². The van der Waals surface area contributed by atoms with E-state index >= 15 is 0 Å². The first kappa shape index (κ1) is 33.8. The van der Waals surface area contributed by atoms with Crippen LogP contribution in [-0.4, -0.2) is 89.3 Å². The van der Waals surface area contributed by atoms with Gasteiger partial charge in [0.2, 0.25) is 0 Å². The van der Waals surface area contributed by atoms with Gasteiger partial charge in [0, 0.05) is 56.9 Å². The fourth-order valence-corrected chi connectivity index (χ4v) is 5.27. The van der Waals surface area contributed by atoms with Gasteiger partial charge in [-0.1, -0.05) is 18.2 Å². The van der Waals surface area contributed by atoms with Crippen LogP contribution < -0.4 is 16.0 Å². The molecule has 0 aliphatic carbocycles. The van der Waals surface area contributed by atoms with Gasteiger partial charge in [-0.3, -0.25) is 20.0 Å². The number of unbranched alkanes of at least 4 members (excludes halogenated alkanes) is 1. The average molecular weight is 638 g/mol. The molecule has 0 spiro atoms. The van der Waals surface area contributed by atoms with Crippen molar-refractivity contribution in [3.8, 4) is 0 Å². The Labute approximate surface area is 268 Å². The van der Waals surface area contributed by atoms with E-state index in [0.717, 1.165) is 56.3 Å². The first-order chi connectivity index (χ1) is 21.7. The molecule has 1 aliphatic rings. The number of carbonyl (C=O) groups excluding carboxylic acids is 3. The number of aromatic nitrogens is 2. The lowest BCUT2D eigenvalue weighted by Crippen LogP contribution is -2.41. The largest absolute Gasteiger partial charge is 0.444 e. The molecule has 2 aromatic heterocycles.